The monoisotopic (exact) mass is 379 g/mol. The number of benzene rings is 2. The Morgan fingerprint density at radius 3 is 2.61 bits per heavy atom. The lowest BCUT2D eigenvalue weighted by Crippen LogP contribution is -2.34. The Hall–Kier alpha value is -3.15. The van der Waals surface area contributed by atoms with Crippen molar-refractivity contribution < 1.29 is 9.72 Å². The largest absolute Gasteiger partial charge is 0.366 e. The quantitative estimate of drug-likeness (QED) is 0.622. The van der Waals surface area contributed by atoms with Crippen molar-refractivity contribution in [1.29, 1.82) is 0 Å². The minimum absolute atomic E-state index is 0.0742. The maximum atomic E-state index is 12.2. The van der Waals surface area contributed by atoms with Crippen LogP contribution < -0.4 is 10.2 Å². The molecular formula is C22H25N3O3. The number of nitro groups is 1. The molecule has 3 rings (SSSR count). The van der Waals surface area contributed by atoms with E-state index in [0.717, 1.165) is 25.9 Å². The van der Waals surface area contributed by atoms with Crippen LogP contribution >= 0.6 is 0 Å². The summed E-state index contributed by atoms with van der Waals surface area (Å²) in [5.74, 6) is 0.299. The number of carbonyl (C=O) groups excluding carboxylic acids is 1. The first-order chi connectivity index (χ1) is 13.4. The van der Waals surface area contributed by atoms with E-state index in [9.17, 15) is 14.9 Å². The molecule has 0 bridgehead atoms. The van der Waals surface area contributed by atoms with Crippen molar-refractivity contribution in [1.82, 2.24) is 5.32 Å². The van der Waals surface area contributed by atoms with Gasteiger partial charge in [-0.3, -0.25) is 14.9 Å². The highest BCUT2D eigenvalue weighted by molar-refractivity contribution is 6.00. The standard InChI is InChI=1S/C22H25N3O3/c1-15-7-6-12-24(14-15)20-11-10-17(13-21(20)25(27)28)16(2)18-8-4-5-9-19(18)22(26)23-3/h4-5,8-11,13,15H,2,6-7,12,14H2,1,3H3,(H,23,26). The maximum absolute atomic E-state index is 12.2. The van der Waals surface area contributed by atoms with Gasteiger partial charge in [0.1, 0.15) is 5.69 Å². The van der Waals surface area contributed by atoms with Crippen molar-refractivity contribution in [2.24, 2.45) is 5.92 Å². The van der Waals surface area contributed by atoms with Gasteiger partial charge in [-0.25, -0.2) is 0 Å². The molecule has 1 aliphatic heterocycles. The Kier molecular flexibility index (Phi) is 5.78. The van der Waals surface area contributed by atoms with Crippen LogP contribution in [-0.4, -0.2) is 31.0 Å². The van der Waals surface area contributed by atoms with Crippen LogP contribution in [0, 0.1) is 16.0 Å². The zero-order valence-corrected chi connectivity index (χ0v) is 16.3. The van der Waals surface area contributed by atoms with E-state index in [1.54, 1.807) is 37.4 Å². The first-order valence-electron chi connectivity index (χ1n) is 9.46. The molecule has 0 aliphatic carbocycles. The molecule has 0 saturated carbocycles. The van der Waals surface area contributed by atoms with E-state index in [1.165, 1.54) is 0 Å². The van der Waals surface area contributed by atoms with E-state index >= 15 is 0 Å². The molecule has 0 radical (unpaired) electrons. The van der Waals surface area contributed by atoms with Crippen LogP contribution in [0.15, 0.2) is 49.0 Å². The molecule has 146 valence electrons. The van der Waals surface area contributed by atoms with Crippen LogP contribution in [-0.2, 0) is 0 Å². The third kappa shape index (κ3) is 3.91. The fourth-order valence-electron chi connectivity index (χ4n) is 3.77. The SMILES string of the molecule is C=C(c1ccc(N2CCCC(C)C2)c([N+](=O)[O-])c1)c1ccccc1C(=O)NC. The number of nitro benzene ring substituents is 1. The van der Waals surface area contributed by atoms with Crippen LogP contribution in [0.4, 0.5) is 11.4 Å². The highest BCUT2D eigenvalue weighted by atomic mass is 16.6. The number of amides is 1. The molecule has 0 spiro atoms. The molecule has 1 amide bonds. The molecule has 1 aliphatic rings. The first-order valence-corrected chi connectivity index (χ1v) is 9.46. The second kappa shape index (κ2) is 8.25. The maximum Gasteiger partial charge on any atom is 0.293 e. The summed E-state index contributed by atoms with van der Waals surface area (Å²) in [6, 6.07) is 12.4. The van der Waals surface area contributed by atoms with Crippen LogP contribution in [0.2, 0.25) is 0 Å². The van der Waals surface area contributed by atoms with Crippen LogP contribution in [0.5, 0.6) is 0 Å². The molecular weight excluding hydrogens is 354 g/mol. The summed E-state index contributed by atoms with van der Waals surface area (Å²) in [6.07, 6.45) is 2.18. The van der Waals surface area contributed by atoms with Gasteiger partial charge in [0.15, 0.2) is 0 Å². The van der Waals surface area contributed by atoms with Crippen LogP contribution in [0.3, 0.4) is 0 Å². The number of hydrogen-bond acceptors (Lipinski definition) is 4. The average molecular weight is 379 g/mol. The number of rotatable bonds is 5. The lowest BCUT2D eigenvalue weighted by molar-refractivity contribution is -0.384. The van der Waals surface area contributed by atoms with Gasteiger partial charge in [-0.15, -0.1) is 0 Å². The van der Waals surface area contributed by atoms with Gasteiger partial charge >= 0.3 is 0 Å². The Balaban J connectivity index is 2.00. The van der Waals surface area contributed by atoms with E-state index in [4.69, 9.17) is 0 Å². The lowest BCUT2D eigenvalue weighted by Gasteiger charge is -2.32. The summed E-state index contributed by atoms with van der Waals surface area (Å²) in [5.41, 5.74) is 3.10. The molecule has 1 atom stereocenters. The van der Waals surface area contributed by atoms with Crippen molar-refractivity contribution >= 4 is 22.9 Å². The van der Waals surface area contributed by atoms with E-state index in [2.05, 4.69) is 23.7 Å². The van der Waals surface area contributed by atoms with Gasteiger partial charge in [-0.2, -0.15) is 0 Å². The Bertz CT molecular complexity index is 923. The zero-order valence-electron chi connectivity index (χ0n) is 16.3. The molecule has 1 heterocycles. The Morgan fingerprint density at radius 1 is 1.25 bits per heavy atom. The van der Waals surface area contributed by atoms with Crippen molar-refractivity contribution in [3.05, 3.63) is 75.8 Å². The fourth-order valence-corrected chi connectivity index (χ4v) is 3.77. The molecule has 1 N–H and O–H groups in total. The molecule has 6 heteroatoms. The second-order valence-corrected chi connectivity index (χ2v) is 7.26. The summed E-state index contributed by atoms with van der Waals surface area (Å²) in [4.78, 5) is 25.7. The number of piperidine rings is 1. The smallest absolute Gasteiger partial charge is 0.293 e. The van der Waals surface area contributed by atoms with Crippen molar-refractivity contribution in [3.8, 4) is 0 Å². The topological polar surface area (TPSA) is 75.5 Å². The molecule has 1 saturated heterocycles. The van der Waals surface area contributed by atoms with E-state index in [0.29, 0.717) is 33.9 Å². The van der Waals surface area contributed by atoms with Crippen LogP contribution in [0.25, 0.3) is 5.57 Å². The number of nitrogens with one attached hydrogen (secondary N) is 1. The highest BCUT2D eigenvalue weighted by Gasteiger charge is 2.25. The highest BCUT2D eigenvalue weighted by Crippen LogP contribution is 2.35. The van der Waals surface area contributed by atoms with E-state index in [1.807, 2.05) is 12.1 Å². The summed E-state index contributed by atoms with van der Waals surface area (Å²) in [5, 5.41) is 14.4. The summed E-state index contributed by atoms with van der Waals surface area (Å²) in [7, 11) is 1.57. The molecule has 2 aromatic rings. The third-order valence-electron chi connectivity index (χ3n) is 5.24. The minimum Gasteiger partial charge on any atom is -0.366 e. The van der Waals surface area contributed by atoms with Crippen molar-refractivity contribution in [3.63, 3.8) is 0 Å². The van der Waals surface area contributed by atoms with Gasteiger partial charge in [0, 0.05) is 31.8 Å². The zero-order chi connectivity index (χ0) is 20.3. The summed E-state index contributed by atoms with van der Waals surface area (Å²) >= 11 is 0. The van der Waals surface area contributed by atoms with Crippen molar-refractivity contribution in [2.75, 3.05) is 25.0 Å². The van der Waals surface area contributed by atoms with Gasteiger partial charge < -0.3 is 10.2 Å². The molecule has 2 aromatic carbocycles. The predicted molar refractivity (Wildman–Crippen MR) is 112 cm³/mol. The van der Waals surface area contributed by atoms with E-state index < -0.39 is 0 Å². The van der Waals surface area contributed by atoms with Gasteiger partial charge in [0.05, 0.1) is 4.92 Å². The van der Waals surface area contributed by atoms with Gasteiger partial charge in [0.25, 0.3) is 11.6 Å². The number of anilines is 1. The van der Waals surface area contributed by atoms with Crippen LogP contribution in [0.1, 0.15) is 41.3 Å². The minimum atomic E-state index is -0.337. The van der Waals surface area contributed by atoms with Crippen molar-refractivity contribution in [2.45, 2.75) is 19.8 Å². The number of nitrogens with zero attached hydrogens (tertiary/aromatic N) is 2. The normalized spacial score (nSPS) is 16.5. The molecule has 28 heavy (non-hydrogen) atoms. The molecule has 1 unspecified atom stereocenters. The first kappa shape index (κ1) is 19.6. The second-order valence-electron chi connectivity index (χ2n) is 7.26. The Morgan fingerprint density at radius 2 is 1.96 bits per heavy atom. The summed E-state index contributed by atoms with van der Waals surface area (Å²) in [6.45, 7) is 7.93. The van der Waals surface area contributed by atoms with E-state index in [-0.39, 0.29) is 16.5 Å². The average Bonchev–Trinajstić information content (AvgIpc) is 2.72. The predicted octanol–water partition coefficient (Wildman–Crippen LogP) is 4.25. The van der Waals surface area contributed by atoms with Gasteiger partial charge in [0.2, 0.25) is 0 Å². The number of carbonyl (C=O) groups is 1. The lowest BCUT2D eigenvalue weighted by atomic mass is 9.93. The fraction of sp³-hybridized carbons (Fsp3) is 0.318. The summed E-state index contributed by atoms with van der Waals surface area (Å²) < 4.78 is 0. The molecule has 1 fully saturated rings. The third-order valence-corrected chi connectivity index (χ3v) is 5.24. The molecule has 0 aromatic heterocycles. The van der Waals surface area contributed by atoms with Gasteiger partial charge in [-0.1, -0.05) is 37.8 Å². The molecule has 6 nitrogen and oxygen atoms in total. The Labute approximate surface area is 165 Å². The van der Waals surface area contributed by atoms with Gasteiger partial charge in [-0.05, 0) is 47.6 Å². The number of hydrogen-bond donors (Lipinski definition) is 1.